The summed E-state index contributed by atoms with van der Waals surface area (Å²) in [7, 11) is 0. The van der Waals surface area contributed by atoms with E-state index in [1.807, 2.05) is 0 Å². The minimum Gasteiger partial charge on any atom is -0.258 e. The summed E-state index contributed by atoms with van der Waals surface area (Å²) >= 11 is 0. The molecule has 0 atom stereocenters. The average molecular weight is 286 g/mol. The molecule has 2 heterocycles. The van der Waals surface area contributed by atoms with E-state index in [9.17, 15) is 18.9 Å². The quantitative estimate of drug-likeness (QED) is 0.632. The first kappa shape index (κ1) is 14.0. The van der Waals surface area contributed by atoms with Gasteiger partial charge >= 0.3 is 12.2 Å². The molecule has 8 nitrogen and oxygen atoms in total. The largest absolute Gasteiger partial charge is 0.334 e. The third kappa shape index (κ3) is 2.24. The van der Waals surface area contributed by atoms with E-state index in [1.165, 1.54) is 17.8 Å². The second-order valence-corrected chi connectivity index (χ2v) is 4.69. The number of nitro groups is 1. The standard InChI is InChI=1S/C10H12F2N6O2/c1-6-7(18(19)20)4-17(14-6)10(2,3)8-13-5-16(15-8)9(11)12/h4-5,9H,1-3H3. The predicted molar refractivity (Wildman–Crippen MR) is 63.3 cm³/mol. The Morgan fingerprint density at radius 1 is 1.40 bits per heavy atom. The Balaban J connectivity index is 2.43. The monoisotopic (exact) mass is 286 g/mol. The first-order valence-electron chi connectivity index (χ1n) is 5.64. The average Bonchev–Trinajstić information content (AvgIpc) is 2.94. The van der Waals surface area contributed by atoms with Gasteiger partial charge in [-0.15, -0.1) is 5.10 Å². The van der Waals surface area contributed by atoms with Gasteiger partial charge in [0.15, 0.2) is 5.82 Å². The van der Waals surface area contributed by atoms with Crippen molar-refractivity contribution in [3.05, 3.63) is 34.2 Å². The van der Waals surface area contributed by atoms with Crippen LogP contribution < -0.4 is 0 Å². The number of nitrogens with zero attached hydrogens (tertiary/aromatic N) is 6. The highest BCUT2D eigenvalue weighted by molar-refractivity contribution is 5.32. The van der Waals surface area contributed by atoms with Crippen LogP contribution in [0.15, 0.2) is 12.5 Å². The molecule has 0 bridgehead atoms. The molecule has 2 aromatic heterocycles. The Morgan fingerprint density at radius 3 is 2.50 bits per heavy atom. The lowest BCUT2D eigenvalue weighted by Crippen LogP contribution is -2.30. The minimum atomic E-state index is -2.79. The van der Waals surface area contributed by atoms with Crippen molar-refractivity contribution >= 4 is 5.69 Å². The van der Waals surface area contributed by atoms with Crippen LogP contribution in [0.2, 0.25) is 0 Å². The van der Waals surface area contributed by atoms with Gasteiger partial charge < -0.3 is 0 Å². The van der Waals surface area contributed by atoms with Crippen molar-refractivity contribution in [3.8, 4) is 0 Å². The number of hydrogen-bond acceptors (Lipinski definition) is 5. The maximum absolute atomic E-state index is 12.5. The molecule has 0 aliphatic rings. The van der Waals surface area contributed by atoms with Crippen molar-refractivity contribution in [1.82, 2.24) is 24.5 Å². The second kappa shape index (κ2) is 4.62. The third-order valence-corrected chi connectivity index (χ3v) is 2.90. The Hall–Kier alpha value is -2.39. The Morgan fingerprint density at radius 2 is 2.05 bits per heavy atom. The number of halogens is 2. The lowest BCUT2D eigenvalue weighted by Gasteiger charge is -2.21. The first-order valence-corrected chi connectivity index (χ1v) is 5.64. The number of alkyl halides is 2. The Kier molecular flexibility index (Phi) is 3.24. The van der Waals surface area contributed by atoms with Crippen molar-refractivity contribution in [2.75, 3.05) is 0 Å². The lowest BCUT2D eigenvalue weighted by atomic mass is 10.1. The van der Waals surface area contributed by atoms with Crippen molar-refractivity contribution in [2.45, 2.75) is 32.9 Å². The molecule has 0 fully saturated rings. The zero-order chi connectivity index (χ0) is 15.1. The molecule has 108 valence electrons. The fraction of sp³-hybridized carbons (Fsp3) is 0.500. The molecule has 0 saturated heterocycles. The van der Waals surface area contributed by atoms with Gasteiger partial charge in [-0.1, -0.05) is 0 Å². The molecule has 0 unspecified atom stereocenters. The normalized spacial score (nSPS) is 12.1. The van der Waals surface area contributed by atoms with Crippen LogP contribution in [0.4, 0.5) is 14.5 Å². The zero-order valence-corrected chi connectivity index (χ0v) is 11.0. The summed E-state index contributed by atoms with van der Waals surface area (Å²) in [6.07, 6.45) is 2.14. The maximum Gasteiger partial charge on any atom is 0.334 e. The van der Waals surface area contributed by atoms with Gasteiger partial charge in [0.1, 0.15) is 23.8 Å². The summed E-state index contributed by atoms with van der Waals surface area (Å²) < 4.78 is 26.7. The van der Waals surface area contributed by atoms with Gasteiger partial charge in [0.05, 0.1) is 4.92 Å². The molecule has 2 aromatic rings. The van der Waals surface area contributed by atoms with Crippen molar-refractivity contribution in [2.24, 2.45) is 0 Å². The summed E-state index contributed by atoms with van der Waals surface area (Å²) in [6.45, 7) is 1.97. The molecule has 0 amide bonds. The lowest BCUT2D eigenvalue weighted by molar-refractivity contribution is -0.385. The fourth-order valence-electron chi connectivity index (χ4n) is 1.67. The molecule has 10 heteroatoms. The summed E-state index contributed by atoms with van der Waals surface area (Å²) in [5.41, 5.74) is -0.901. The van der Waals surface area contributed by atoms with Crippen LogP contribution in [0.25, 0.3) is 0 Å². The molecular weight excluding hydrogens is 274 g/mol. The third-order valence-electron chi connectivity index (χ3n) is 2.90. The molecule has 0 N–H and O–H groups in total. The molecule has 0 spiro atoms. The summed E-state index contributed by atoms with van der Waals surface area (Å²) in [5, 5.41) is 18.5. The van der Waals surface area contributed by atoms with E-state index in [4.69, 9.17) is 0 Å². The smallest absolute Gasteiger partial charge is 0.258 e. The van der Waals surface area contributed by atoms with Crippen LogP contribution in [-0.2, 0) is 5.54 Å². The van der Waals surface area contributed by atoms with Crippen LogP contribution in [0.3, 0.4) is 0 Å². The highest BCUT2D eigenvalue weighted by atomic mass is 19.3. The molecule has 0 aliphatic heterocycles. The molecule has 0 radical (unpaired) electrons. The summed E-state index contributed by atoms with van der Waals surface area (Å²) in [6, 6.07) is 0. The number of rotatable bonds is 4. The molecule has 0 saturated carbocycles. The minimum absolute atomic E-state index is 0.0928. The predicted octanol–water partition coefficient (Wildman–Crippen LogP) is 1.87. The molecule has 0 aliphatic carbocycles. The van der Waals surface area contributed by atoms with E-state index in [2.05, 4.69) is 15.2 Å². The summed E-state index contributed by atoms with van der Waals surface area (Å²) in [4.78, 5) is 14.1. The van der Waals surface area contributed by atoms with E-state index < -0.39 is 17.0 Å². The highest BCUT2D eigenvalue weighted by Crippen LogP contribution is 2.26. The van der Waals surface area contributed by atoms with Crippen molar-refractivity contribution < 1.29 is 13.7 Å². The van der Waals surface area contributed by atoms with Crippen LogP contribution in [0.1, 0.15) is 31.9 Å². The van der Waals surface area contributed by atoms with E-state index >= 15 is 0 Å². The molecule has 0 aromatic carbocycles. The van der Waals surface area contributed by atoms with Gasteiger partial charge in [-0.3, -0.25) is 14.8 Å². The van der Waals surface area contributed by atoms with E-state index in [-0.39, 0.29) is 17.2 Å². The van der Waals surface area contributed by atoms with Gasteiger partial charge in [0.2, 0.25) is 0 Å². The van der Waals surface area contributed by atoms with Crippen LogP contribution in [0, 0.1) is 17.0 Å². The van der Waals surface area contributed by atoms with Crippen LogP contribution in [-0.4, -0.2) is 29.5 Å². The number of hydrogen-bond donors (Lipinski definition) is 0. The van der Waals surface area contributed by atoms with Crippen molar-refractivity contribution in [3.63, 3.8) is 0 Å². The van der Waals surface area contributed by atoms with E-state index in [0.717, 1.165) is 6.33 Å². The van der Waals surface area contributed by atoms with Gasteiger partial charge in [-0.2, -0.15) is 18.6 Å². The second-order valence-electron chi connectivity index (χ2n) is 4.69. The molecular formula is C10H12F2N6O2. The van der Waals surface area contributed by atoms with Gasteiger partial charge in [0, 0.05) is 0 Å². The Bertz CT molecular complexity index is 648. The van der Waals surface area contributed by atoms with Gasteiger partial charge in [-0.25, -0.2) is 4.98 Å². The summed E-state index contributed by atoms with van der Waals surface area (Å²) in [5.74, 6) is 0.0928. The molecule has 20 heavy (non-hydrogen) atoms. The zero-order valence-electron chi connectivity index (χ0n) is 11.0. The topological polar surface area (TPSA) is 91.7 Å². The van der Waals surface area contributed by atoms with Crippen LogP contribution >= 0.6 is 0 Å². The maximum atomic E-state index is 12.5. The van der Waals surface area contributed by atoms with Gasteiger partial charge in [0.25, 0.3) is 0 Å². The fourth-order valence-corrected chi connectivity index (χ4v) is 1.67. The SMILES string of the molecule is Cc1nn(C(C)(C)c2ncn(C(F)F)n2)cc1[N+](=O)[O-]. The van der Waals surface area contributed by atoms with Gasteiger partial charge in [-0.05, 0) is 20.8 Å². The van der Waals surface area contributed by atoms with E-state index in [0.29, 0.717) is 4.68 Å². The molecule has 2 rings (SSSR count). The van der Waals surface area contributed by atoms with Crippen molar-refractivity contribution in [1.29, 1.82) is 0 Å². The Labute approximate surface area is 112 Å². The highest BCUT2D eigenvalue weighted by Gasteiger charge is 2.32. The number of aromatic nitrogens is 5. The number of aryl methyl sites for hydroxylation is 1. The first-order chi connectivity index (χ1) is 9.23. The van der Waals surface area contributed by atoms with E-state index in [1.54, 1.807) is 13.8 Å². The van der Waals surface area contributed by atoms with Crippen LogP contribution in [0.5, 0.6) is 0 Å².